The summed E-state index contributed by atoms with van der Waals surface area (Å²) in [5, 5.41) is 0. The van der Waals surface area contributed by atoms with Crippen LogP contribution in [-0.4, -0.2) is 14.1 Å². The molecule has 8 heavy (non-hydrogen) atoms. The molecule has 0 N–H and O–H groups in total. The Bertz CT molecular complexity index is 50.3. The van der Waals surface area contributed by atoms with E-state index in [-0.39, 0.29) is 14.1 Å². The molecule has 0 radical (unpaired) electrons. The van der Waals surface area contributed by atoms with E-state index >= 15 is 0 Å². The molecule has 1 heteroatoms. The molecule has 0 spiro atoms. The summed E-state index contributed by atoms with van der Waals surface area (Å²) in [6, 6.07) is 0. The molecule has 0 fully saturated rings. The molecule has 0 bridgehead atoms. The van der Waals surface area contributed by atoms with Crippen LogP contribution < -0.4 is 0 Å². The van der Waals surface area contributed by atoms with Gasteiger partial charge >= 0.3 is 0 Å². The maximum absolute atomic E-state index is 2.43. The highest BCUT2D eigenvalue weighted by Gasteiger charge is 2.10. The van der Waals surface area contributed by atoms with Gasteiger partial charge in [0, 0.05) is 0 Å². The lowest BCUT2D eigenvalue weighted by Crippen LogP contribution is -2.07. The Labute approximate surface area is 57.7 Å². The van der Waals surface area contributed by atoms with E-state index < -0.39 is 0 Å². The lowest BCUT2D eigenvalue weighted by Gasteiger charge is -2.08. The SMILES string of the molecule is CCC[CH](C)[Al]([CH3])[CH3]. The second kappa shape index (κ2) is 4.42. The number of rotatable bonds is 3. The van der Waals surface area contributed by atoms with Gasteiger partial charge in [0.25, 0.3) is 14.1 Å². The molecule has 1 unspecified atom stereocenters. The second-order valence-corrected chi connectivity index (χ2v) is 6.64. The van der Waals surface area contributed by atoms with Crippen LogP contribution in [0.2, 0.25) is 16.4 Å². The zero-order valence-electron chi connectivity index (χ0n) is 6.57. The molecular weight excluding hydrogens is 111 g/mol. The highest BCUT2D eigenvalue weighted by atomic mass is 27.2. The summed E-state index contributed by atoms with van der Waals surface area (Å²) in [5.74, 6) is 4.86. The van der Waals surface area contributed by atoms with Crippen LogP contribution in [0.1, 0.15) is 26.7 Å². The Morgan fingerprint density at radius 2 is 1.88 bits per heavy atom. The minimum atomic E-state index is -0.282. The fourth-order valence-corrected chi connectivity index (χ4v) is 1.79. The van der Waals surface area contributed by atoms with Crippen LogP contribution in [0.4, 0.5) is 0 Å². The van der Waals surface area contributed by atoms with Crippen LogP contribution in [0.25, 0.3) is 0 Å². The van der Waals surface area contributed by atoms with E-state index in [1.54, 1.807) is 0 Å². The lowest BCUT2D eigenvalue weighted by atomic mass is 10.3. The second-order valence-electron chi connectivity index (χ2n) is 3.01. The topological polar surface area (TPSA) is 0 Å². The Morgan fingerprint density at radius 1 is 1.38 bits per heavy atom. The smallest absolute Gasteiger partial charge is 0.106 e. The highest BCUT2D eigenvalue weighted by molar-refractivity contribution is 6.57. The van der Waals surface area contributed by atoms with Crippen molar-refractivity contribution in [2.45, 2.75) is 43.0 Å². The van der Waals surface area contributed by atoms with Gasteiger partial charge in [-0.1, -0.05) is 31.5 Å². The molecule has 0 aliphatic rings. The molecule has 48 valence electrons. The monoisotopic (exact) mass is 128 g/mol. The first-order valence-electron chi connectivity index (χ1n) is 3.68. The summed E-state index contributed by atoms with van der Waals surface area (Å²) in [6.07, 6.45) is 2.82. The third-order valence-corrected chi connectivity index (χ3v) is 4.49. The molecule has 0 aliphatic heterocycles. The number of hydrogen-bond acceptors (Lipinski definition) is 0. The van der Waals surface area contributed by atoms with E-state index in [2.05, 4.69) is 25.4 Å². The van der Waals surface area contributed by atoms with Gasteiger partial charge in [0.2, 0.25) is 0 Å². The van der Waals surface area contributed by atoms with E-state index in [1.165, 1.54) is 12.8 Å². The molecule has 0 aromatic heterocycles. The van der Waals surface area contributed by atoms with Crippen LogP contribution in [0, 0.1) is 0 Å². The van der Waals surface area contributed by atoms with Crippen molar-refractivity contribution in [3.63, 3.8) is 0 Å². The maximum atomic E-state index is 2.43. The third-order valence-electron chi connectivity index (χ3n) is 1.88. The molecule has 0 aliphatic carbocycles. The molecule has 0 nitrogen and oxygen atoms in total. The average Bonchev–Trinajstić information content (AvgIpc) is 1.67. The highest BCUT2D eigenvalue weighted by Crippen LogP contribution is 2.15. The van der Waals surface area contributed by atoms with Crippen molar-refractivity contribution in [1.82, 2.24) is 0 Å². The lowest BCUT2D eigenvalue weighted by molar-refractivity contribution is 0.756. The summed E-state index contributed by atoms with van der Waals surface area (Å²) in [5.41, 5.74) is 0. The summed E-state index contributed by atoms with van der Waals surface area (Å²) >= 11 is -0.282. The molecule has 1 atom stereocenters. The summed E-state index contributed by atoms with van der Waals surface area (Å²) in [7, 11) is 0. The van der Waals surface area contributed by atoms with E-state index in [0.29, 0.717) is 0 Å². The molecule has 0 aromatic carbocycles. The average molecular weight is 128 g/mol. The first kappa shape index (κ1) is 8.53. The van der Waals surface area contributed by atoms with E-state index in [4.69, 9.17) is 0 Å². The van der Waals surface area contributed by atoms with Gasteiger partial charge in [-0.2, -0.15) is 0 Å². The van der Waals surface area contributed by atoms with Crippen molar-refractivity contribution in [3.8, 4) is 0 Å². The fourth-order valence-electron chi connectivity index (χ4n) is 0.789. The third kappa shape index (κ3) is 3.52. The van der Waals surface area contributed by atoms with Gasteiger partial charge in [-0.15, -0.1) is 11.6 Å². The molecule has 0 saturated heterocycles. The molecule has 0 rings (SSSR count). The molecule has 0 amide bonds. The van der Waals surface area contributed by atoms with Gasteiger partial charge in [0.1, 0.15) is 0 Å². The van der Waals surface area contributed by atoms with Crippen molar-refractivity contribution in [3.05, 3.63) is 0 Å². The summed E-state index contributed by atoms with van der Waals surface area (Å²) < 4.78 is 1.06. The summed E-state index contributed by atoms with van der Waals surface area (Å²) in [4.78, 5) is 0. The van der Waals surface area contributed by atoms with Crippen LogP contribution in [0.5, 0.6) is 0 Å². The fraction of sp³-hybridized carbons (Fsp3) is 1.00. The van der Waals surface area contributed by atoms with E-state index in [0.717, 1.165) is 4.78 Å². The molecule has 0 heterocycles. The van der Waals surface area contributed by atoms with Gasteiger partial charge < -0.3 is 0 Å². The van der Waals surface area contributed by atoms with Gasteiger partial charge in [-0.3, -0.25) is 0 Å². The number of hydrogen-bond donors (Lipinski definition) is 0. The predicted octanol–water partition coefficient (Wildman–Crippen LogP) is 2.93. The molecule has 0 aromatic rings. The summed E-state index contributed by atoms with van der Waals surface area (Å²) in [6.45, 7) is 4.66. The maximum Gasteiger partial charge on any atom is 0.258 e. The standard InChI is InChI=1S/C5H11.2CH3.Al/c1-3-5-4-2;;;/h3H,4-5H2,1-2H3;2*1H3;. The van der Waals surface area contributed by atoms with Crippen molar-refractivity contribution < 1.29 is 0 Å². The van der Waals surface area contributed by atoms with Crippen LogP contribution in [0.15, 0.2) is 0 Å². The minimum absolute atomic E-state index is 0.282. The largest absolute Gasteiger partial charge is 0.258 e. The first-order chi connectivity index (χ1) is 3.68. The Balaban J connectivity index is 3.17. The zero-order valence-corrected chi connectivity index (χ0v) is 7.72. The first-order valence-corrected chi connectivity index (χ1v) is 6.66. The normalized spacial score (nSPS) is 13.5. The van der Waals surface area contributed by atoms with E-state index in [9.17, 15) is 0 Å². The van der Waals surface area contributed by atoms with Gasteiger partial charge in [-0.25, -0.2) is 0 Å². The van der Waals surface area contributed by atoms with Crippen LogP contribution in [0.3, 0.4) is 0 Å². The van der Waals surface area contributed by atoms with Crippen molar-refractivity contribution in [1.29, 1.82) is 0 Å². The quantitative estimate of drug-likeness (QED) is 0.512. The van der Waals surface area contributed by atoms with Crippen molar-refractivity contribution in [2.24, 2.45) is 0 Å². The van der Waals surface area contributed by atoms with Crippen molar-refractivity contribution >= 4 is 14.1 Å². The van der Waals surface area contributed by atoms with Gasteiger partial charge in [0.05, 0.1) is 0 Å². The molecule has 0 saturated carbocycles. The minimum Gasteiger partial charge on any atom is -0.106 e. The Hall–Kier alpha value is 0.532. The van der Waals surface area contributed by atoms with Crippen molar-refractivity contribution in [2.75, 3.05) is 0 Å². The Morgan fingerprint density at radius 3 is 2.00 bits per heavy atom. The predicted molar refractivity (Wildman–Crippen MR) is 41.8 cm³/mol. The van der Waals surface area contributed by atoms with E-state index in [1.807, 2.05) is 0 Å². The van der Waals surface area contributed by atoms with Gasteiger partial charge in [-0.05, 0) is 0 Å². The molecular formula is C7H17Al. The zero-order chi connectivity index (χ0) is 6.57. The van der Waals surface area contributed by atoms with Crippen LogP contribution in [-0.2, 0) is 0 Å². The van der Waals surface area contributed by atoms with Crippen LogP contribution >= 0.6 is 0 Å². The van der Waals surface area contributed by atoms with Gasteiger partial charge in [0.15, 0.2) is 0 Å². The Kier molecular flexibility index (Phi) is 4.71.